The van der Waals surface area contributed by atoms with Gasteiger partial charge >= 0.3 is 10.2 Å². The van der Waals surface area contributed by atoms with E-state index in [0.29, 0.717) is 0 Å². The van der Waals surface area contributed by atoms with Gasteiger partial charge in [0.2, 0.25) is 0 Å². The minimum absolute atomic E-state index is 0.180. The summed E-state index contributed by atoms with van der Waals surface area (Å²) in [7, 11) is -0.813. The maximum atomic E-state index is 11.5. The Morgan fingerprint density at radius 1 is 1.06 bits per heavy atom. The van der Waals surface area contributed by atoms with E-state index < -0.39 is 10.2 Å². The third-order valence-corrected chi connectivity index (χ3v) is 4.20. The van der Waals surface area contributed by atoms with Crippen LogP contribution in [0, 0.1) is 0 Å². The van der Waals surface area contributed by atoms with E-state index in [1.54, 1.807) is 0 Å². The van der Waals surface area contributed by atoms with E-state index in [2.05, 4.69) is 4.72 Å². The average Bonchev–Trinajstić information content (AvgIpc) is 2.13. The van der Waals surface area contributed by atoms with E-state index in [1.165, 1.54) is 26.2 Å². The van der Waals surface area contributed by atoms with E-state index in [1.807, 2.05) is 0 Å². The third kappa shape index (κ3) is 3.15. The number of benzene rings is 1. The van der Waals surface area contributed by atoms with Gasteiger partial charge in [0, 0.05) is 14.1 Å². The molecule has 0 aliphatic rings. The minimum atomic E-state index is -3.61. The first-order valence-corrected chi connectivity index (χ1v) is 6.66. The van der Waals surface area contributed by atoms with Crippen molar-refractivity contribution in [3.8, 4) is 0 Å². The summed E-state index contributed by atoms with van der Waals surface area (Å²) in [5.74, 6) is 0. The molecule has 90 valence electrons. The van der Waals surface area contributed by atoms with Gasteiger partial charge in [0.15, 0.2) is 0 Å². The molecule has 1 N–H and O–H groups in total. The molecule has 1 aromatic carbocycles. The summed E-state index contributed by atoms with van der Waals surface area (Å²) in [6, 6.07) is 2.73. The first-order chi connectivity index (χ1) is 7.24. The Bertz CT molecular complexity index is 502. The van der Waals surface area contributed by atoms with Crippen molar-refractivity contribution in [3.63, 3.8) is 0 Å². The Hall–Kier alpha value is -0.200. The number of nitrogens with one attached hydrogen (secondary N) is 1. The Morgan fingerprint density at radius 3 is 2.06 bits per heavy atom. The van der Waals surface area contributed by atoms with Crippen molar-refractivity contribution in [3.05, 3.63) is 27.2 Å². The molecule has 0 atom stereocenters. The molecule has 0 aliphatic carbocycles. The lowest BCUT2D eigenvalue weighted by Gasteiger charge is -2.14. The zero-order chi connectivity index (χ0) is 12.5. The molecule has 4 nitrogen and oxygen atoms in total. The molecule has 1 aromatic rings. The molecule has 1 rings (SSSR count). The highest BCUT2D eigenvalue weighted by Gasteiger charge is 2.16. The van der Waals surface area contributed by atoms with Gasteiger partial charge < -0.3 is 0 Å². The highest BCUT2D eigenvalue weighted by Crippen LogP contribution is 2.32. The zero-order valence-electron chi connectivity index (χ0n) is 8.46. The molecule has 0 amide bonds. The second-order valence-electron chi connectivity index (χ2n) is 3.14. The smallest absolute Gasteiger partial charge is 0.269 e. The Balaban J connectivity index is 3.13. The zero-order valence-corrected chi connectivity index (χ0v) is 11.5. The van der Waals surface area contributed by atoms with Crippen LogP contribution < -0.4 is 4.72 Å². The predicted molar refractivity (Wildman–Crippen MR) is 67.7 cm³/mol. The average molecular weight is 304 g/mol. The predicted octanol–water partition coefficient (Wildman–Crippen LogP) is 2.87. The number of anilines is 1. The van der Waals surface area contributed by atoms with E-state index in [0.717, 1.165) is 4.31 Å². The van der Waals surface area contributed by atoms with Crippen molar-refractivity contribution in [2.75, 3.05) is 18.8 Å². The first-order valence-electron chi connectivity index (χ1n) is 4.09. The van der Waals surface area contributed by atoms with Gasteiger partial charge in [0.05, 0.1) is 20.8 Å². The lowest BCUT2D eigenvalue weighted by atomic mass is 10.3. The molecule has 0 fully saturated rings. The van der Waals surface area contributed by atoms with Gasteiger partial charge in [-0.05, 0) is 12.1 Å². The van der Waals surface area contributed by atoms with Crippen LogP contribution in [-0.4, -0.2) is 26.8 Å². The molecule has 0 aromatic heterocycles. The number of rotatable bonds is 3. The van der Waals surface area contributed by atoms with Crippen molar-refractivity contribution in [2.24, 2.45) is 0 Å². The summed E-state index contributed by atoms with van der Waals surface area (Å²) < 4.78 is 26.4. The molecular formula is C8H9Cl3N2O2S. The molecule has 0 aliphatic heterocycles. The number of halogens is 3. The lowest BCUT2D eigenvalue weighted by Crippen LogP contribution is -2.29. The van der Waals surface area contributed by atoms with Crippen LogP contribution in [0.3, 0.4) is 0 Å². The topological polar surface area (TPSA) is 49.4 Å². The van der Waals surface area contributed by atoms with Crippen LogP contribution in [0.25, 0.3) is 0 Å². The van der Waals surface area contributed by atoms with Gasteiger partial charge in [0.1, 0.15) is 0 Å². The van der Waals surface area contributed by atoms with Gasteiger partial charge in [-0.3, -0.25) is 4.72 Å². The van der Waals surface area contributed by atoms with Gasteiger partial charge in [-0.15, -0.1) is 0 Å². The molecule has 0 saturated carbocycles. The van der Waals surface area contributed by atoms with E-state index >= 15 is 0 Å². The number of hydrogen-bond acceptors (Lipinski definition) is 2. The summed E-state index contributed by atoms with van der Waals surface area (Å²) >= 11 is 17.3. The van der Waals surface area contributed by atoms with E-state index in [4.69, 9.17) is 34.8 Å². The summed E-state index contributed by atoms with van der Waals surface area (Å²) in [6.45, 7) is 0. The second kappa shape index (κ2) is 4.98. The molecule has 0 saturated heterocycles. The fraction of sp³-hybridized carbons (Fsp3) is 0.250. The summed E-state index contributed by atoms with van der Waals surface area (Å²) in [5.41, 5.74) is 0.185. The summed E-state index contributed by atoms with van der Waals surface area (Å²) in [5, 5.41) is 0.668. The van der Waals surface area contributed by atoms with Crippen LogP contribution in [0.15, 0.2) is 12.1 Å². The Morgan fingerprint density at radius 2 is 1.56 bits per heavy atom. The quantitative estimate of drug-likeness (QED) is 0.873. The fourth-order valence-electron chi connectivity index (χ4n) is 0.831. The van der Waals surface area contributed by atoms with Crippen molar-refractivity contribution in [2.45, 2.75) is 0 Å². The van der Waals surface area contributed by atoms with Crippen LogP contribution in [0.2, 0.25) is 15.1 Å². The fourth-order valence-corrected chi connectivity index (χ4v) is 2.11. The Labute approximate surface area is 109 Å². The normalized spacial score (nSPS) is 11.9. The first kappa shape index (κ1) is 13.9. The van der Waals surface area contributed by atoms with Gasteiger partial charge in [0.25, 0.3) is 0 Å². The van der Waals surface area contributed by atoms with Gasteiger partial charge in [-0.2, -0.15) is 12.7 Å². The third-order valence-electron chi connectivity index (χ3n) is 1.73. The van der Waals surface area contributed by atoms with Crippen molar-refractivity contribution < 1.29 is 8.42 Å². The van der Waals surface area contributed by atoms with Crippen molar-refractivity contribution in [1.29, 1.82) is 0 Å². The largest absolute Gasteiger partial charge is 0.301 e. The van der Waals surface area contributed by atoms with Crippen LogP contribution in [0.4, 0.5) is 5.69 Å². The maximum Gasteiger partial charge on any atom is 0.301 e. The van der Waals surface area contributed by atoms with E-state index in [-0.39, 0.29) is 20.8 Å². The maximum absolute atomic E-state index is 11.5. The number of nitrogens with zero attached hydrogens (tertiary/aromatic N) is 1. The standard InChI is InChI=1S/C8H9Cl3N2O2S/c1-13(2)16(14,15)12-8-4-6(10)5(9)3-7(8)11/h3-4,12H,1-2H3. The molecule has 16 heavy (non-hydrogen) atoms. The minimum Gasteiger partial charge on any atom is -0.269 e. The highest BCUT2D eigenvalue weighted by atomic mass is 35.5. The highest BCUT2D eigenvalue weighted by molar-refractivity contribution is 7.90. The van der Waals surface area contributed by atoms with Gasteiger partial charge in [-0.25, -0.2) is 0 Å². The molecular weight excluding hydrogens is 295 g/mol. The number of hydrogen-bond donors (Lipinski definition) is 1. The van der Waals surface area contributed by atoms with E-state index in [9.17, 15) is 8.42 Å². The molecule has 0 bridgehead atoms. The summed E-state index contributed by atoms with van der Waals surface area (Å²) in [6.07, 6.45) is 0. The Kier molecular flexibility index (Phi) is 4.31. The lowest BCUT2D eigenvalue weighted by molar-refractivity contribution is 0.527. The molecule has 0 radical (unpaired) electrons. The van der Waals surface area contributed by atoms with Crippen LogP contribution in [-0.2, 0) is 10.2 Å². The summed E-state index contributed by atoms with van der Waals surface area (Å²) in [4.78, 5) is 0. The molecule has 0 heterocycles. The molecule has 8 heteroatoms. The second-order valence-corrected chi connectivity index (χ2v) is 6.24. The van der Waals surface area contributed by atoms with Crippen LogP contribution in [0.5, 0.6) is 0 Å². The molecule has 0 unspecified atom stereocenters. The van der Waals surface area contributed by atoms with Crippen LogP contribution in [0.1, 0.15) is 0 Å². The van der Waals surface area contributed by atoms with Gasteiger partial charge in [-0.1, -0.05) is 34.8 Å². The van der Waals surface area contributed by atoms with Crippen LogP contribution >= 0.6 is 34.8 Å². The molecule has 0 spiro atoms. The van der Waals surface area contributed by atoms with Crippen molar-refractivity contribution in [1.82, 2.24) is 4.31 Å². The van der Waals surface area contributed by atoms with Crippen molar-refractivity contribution >= 4 is 50.7 Å². The monoisotopic (exact) mass is 302 g/mol. The SMILES string of the molecule is CN(C)S(=O)(=O)Nc1cc(Cl)c(Cl)cc1Cl.